The smallest absolute Gasteiger partial charge is 0.375 e. The molecule has 1 unspecified atom stereocenters. The first-order chi connectivity index (χ1) is 8.04. The molecule has 0 spiro atoms. The third kappa shape index (κ3) is 1.84. The Kier molecular flexibility index (Phi) is 2.75. The second kappa shape index (κ2) is 4.08. The van der Waals surface area contributed by atoms with Crippen LogP contribution in [0.4, 0.5) is 4.39 Å². The van der Waals surface area contributed by atoms with Gasteiger partial charge >= 0.3 is 5.97 Å². The van der Waals surface area contributed by atoms with Gasteiger partial charge in [0.25, 0.3) is 5.78 Å². The average Bonchev–Trinajstić information content (AvgIpc) is 2.64. The fourth-order valence-electron chi connectivity index (χ4n) is 1.93. The third-order valence-electron chi connectivity index (χ3n) is 2.78. The maximum Gasteiger partial charge on any atom is 0.375 e. The molecule has 0 N–H and O–H groups in total. The molecular formula is C12H9FO4. The summed E-state index contributed by atoms with van der Waals surface area (Å²) < 4.78 is 17.2. The number of benzene rings is 1. The second-order valence-corrected chi connectivity index (χ2v) is 3.78. The van der Waals surface area contributed by atoms with E-state index in [4.69, 9.17) is 0 Å². The van der Waals surface area contributed by atoms with Crippen LogP contribution < -0.4 is 0 Å². The monoisotopic (exact) mass is 236 g/mol. The van der Waals surface area contributed by atoms with Crippen molar-refractivity contribution in [1.29, 1.82) is 0 Å². The van der Waals surface area contributed by atoms with Gasteiger partial charge < -0.3 is 4.74 Å². The Hall–Kier alpha value is -2.04. The zero-order valence-corrected chi connectivity index (χ0v) is 9.03. The summed E-state index contributed by atoms with van der Waals surface area (Å²) in [5.41, 5.74) is 0.755. The minimum Gasteiger partial charge on any atom is -0.463 e. The zero-order chi connectivity index (χ0) is 12.6. The quantitative estimate of drug-likeness (QED) is 0.435. The van der Waals surface area contributed by atoms with Crippen LogP contribution in [-0.2, 0) is 20.7 Å². The SMILES string of the molecule is COC(=O)C(=O)C1Cc2cc(F)ccc2C1=O. The molecule has 0 heterocycles. The Labute approximate surface area is 96.4 Å². The van der Waals surface area contributed by atoms with Crippen molar-refractivity contribution in [3.63, 3.8) is 0 Å². The van der Waals surface area contributed by atoms with E-state index in [2.05, 4.69) is 4.74 Å². The van der Waals surface area contributed by atoms with Crippen LogP contribution in [0.15, 0.2) is 18.2 Å². The van der Waals surface area contributed by atoms with Gasteiger partial charge in [0.2, 0.25) is 0 Å². The molecule has 0 aliphatic heterocycles. The number of hydrogen-bond acceptors (Lipinski definition) is 4. The number of methoxy groups -OCH3 is 1. The molecule has 0 saturated heterocycles. The van der Waals surface area contributed by atoms with Gasteiger partial charge in [-0.05, 0) is 30.2 Å². The molecule has 2 rings (SSSR count). The summed E-state index contributed by atoms with van der Waals surface area (Å²) in [7, 11) is 1.08. The van der Waals surface area contributed by atoms with Crippen LogP contribution in [0.25, 0.3) is 0 Å². The van der Waals surface area contributed by atoms with Gasteiger partial charge in [0.1, 0.15) is 5.82 Å². The molecule has 0 aromatic heterocycles. The van der Waals surface area contributed by atoms with Crippen LogP contribution in [-0.4, -0.2) is 24.6 Å². The standard InChI is InChI=1S/C12H9FO4/c1-17-12(16)11(15)9-5-6-4-7(13)2-3-8(6)10(9)14/h2-4,9H,5H2,1H3. The van der Waals surface area contributed by atoms with Gasteiger partial charge in [0.15, 0.2) is 5.78 Å². The number of esters is 1. The lowest BCUT2D eigenvalue weighted by atomic mass is 10.00. The Bertz CT molecular complexity index is 521. The summed E-state index contributed by atoms with van der Waals surface area (Å²) in [4.78, 5) is 34.4. The summed E-state index contributed by atoms with van der Waals surface area (Å²) in [6, 6.07) is 3.69. The van der Waals surface area contributed by atoms with Crippen LogP contribution in [0.3, 0.4) is 0 Å². The average molecular weight is 236 g/mol. The Morgan fingerprint density at radius 1 is 1.41 bits per heavy atom. The van der Waals surface area contributed by atoms with Crippen LogP contribution in [0.5, 0.6) is 0 Å². The second-order valence-electron chi connectivity index (χ2n) is 3.78. The Morgan fingerprint density at radius 2 is 2.12 bits per heavy atom. The number of carbonyl (C=O) groups is 3. The van der Waals surface area contributed by atoms with Crippen molar-refractivity contribution in [3.8, 4) is 0 Å². The number of ether oxygens (including phenoxy) is 1. The molecule has 0 saturated carbocycles. The summed E-state index contributed by atoms with van der Waals surface area (Å²) in [5, 5.41) is 0. The molecule has 0 radical (unpaired) electrons. The van der Waals surface area contributed by atoms with E-state index in [0.717, 1.165) is 13.2 Å². The highest BCUT2D eigenvalue weighted by Gasteiger charge is 2.39. The highest BCUT2D eigenvalue weighted by molar-refractivity contribution is 6.40. The van der Waals surface area contributed by atoms with Crippen molar-refractivity contribution in [2.24, 2.45) is 5.92 Å². The van der Waals surface area contributed by atoms with E-state index in [1.165, 1.54) is 12.1 Å². The predicted octanol–water partition coefficient (Wildman–Crippen LogP) is 0.923. The number of hydrogen-bond donors (Lipinski definition) is 0. The van der Waals surface area contributed by atoms with Crippen molar-refractivity contribution >= 4 is 17.5 Å². The van der Waals surface area contributed by atoms with E-state index < -0.39 is 29.3 Å². The van der Waals surface area contributed by atoms with Gasteiger partial charge in [-0.2, -0.15) is 0 Å². The number of rotatable bonds is 2. The normalized spacial score (nSPS) is 17.8. The fourth-order valence-corrected chi connectivity index (χ4v) is 1.93. The number of ketones is 2. The Morgan fingerprint density at radius 3 is 2.76 bits per heavy atom. The lowest BCUT2D eigenvalue weighted by Crippen LogP contribution is -2.28. The highest BCUT2D eigenvalue weighted by atomic mass is 19.1. The van der Waals surface area contributed by atoms with E-state index >= 15 is 0 Å². The molecule has 1 aromatic carbocycles. The Balaban J connectivity index is 2.31. The predicted molar refractivity (Wildman–Crippen MR) is 54.9 cm³/mol. The van der Waals surface area contributed by atoms with E-state index in [1.807, 2.05) is 0 Å². The van der Waals surface area contributed by atoms with Crippen molar-refractivity contribution in [3.05, 3.63) is 35.1 Å². The van der Waals surface area contributed by atoms with Crippen molar-refractivity contribution in [1.82, 2.24) is 0 Å². The maximum absolute atomic E-state index is 13.0. The molecule has 0 amide bonds. The summed E-state index contributed by atoms with van der Waals surface area (Å²) in [5.74, 6) is -3.91. The van der Waals surface area contributed by atoms with Gasteiger partial charge in [0, 0.05) is 5.56 Å². The van der Waals surface area contributed by atoms with Crippen LogP contribution >= 0.6 is 0 Å². The van der Waals surface area contributed by atoms with Crippen LogP contribution in [0, 0.1) is 11.7 Å². The molecule has 0 bridgehead atoms. The topological polar surface area (TPSA) is 60.4 Å². The number of Topliss-reactive ketones (excluding diaryl/α,β-unsaturated/α-hetero) is 2. The van der Waals surface area contributed by atoms with Crippen molar-refractivity contribution < 1.29 is 23.5 Å². The minimum absolute atomic E-state index is 0.0554. The third-order valence-corrected chi connectivity index (χ3v) is 2.78. The first-order valence-electron chi connectivity index (χ1n) is 4.99. The van der Waals surface area contributed by atoms with E-state index in [9.17, 15) is 18.8 Å². The van der Waals surface area contributed by atoms with Gasteiger partial charge in [-0.25, -0.2) is 9.18 Å². The van der Waals surface area contributed by atoms with Gasteiger partial charge in [-0.15, -0.1) is 0 Å². The molecular weight excluding hydrogens is 227 g/mol. The highest BCUT2D eigenvalue weighted by Crippen LogP contribution is 2.28. The molecule has 17 heavy (non-hydrogen) atoms. The molecule has 88 valence electrons. The molecule has 5 heteroatoms. The van der Waals surface area contributed by atoms with Crippen LogP contribution in [0.2, 0.25) is 0 Å². The summed E-state index contributed by atoms with van der Waals surface area (Å²) >= 11 is 0. The molecule has 1 aromatic rings. The lowest BCUT2D eigenvalue weighted by molar-refractivity contribution is -0.152. The van der Waals surface area contributed by atoms with Gasteiger partial charge in [0.05, 0.1) is 13.0 Å². The first kappa shape index (κ1) is 11.4. The summed E-state index contributed by atoms with van der Waals surface area (Å²) in [6.07, 6.45) is 0.0554. The molecule has 0 fully saturated rings. The van der Waals surface area contributed by atoms with Gasteiger partial charge in [-0.3, -0.25) is 9.59 Å². The molecule has 4 nitrogen and oxygen atoms in total. The van der Waals surface area contributed by atoms with E-state index in [-0.39, 0.29) is 6.42 Å². The minimum atomic E-state index is -1.07. The largest absolute Gasteiger partial charge is 0.463 e. The fraction of sp³-hybridized carbons (Fsp3) is 0.250. The molecule has 1 aliphatic carbocycles. The number of fused-ring (bicyclic) bond motifs is 1. The summed E-state index contributed by atoms with van der Waals surface area (Å²) in [6.45, 7) is 0. The van der Waals surface area contributed by atoms with E-state index in [0.29, 0.717) is 11.1 Å². The zero-order valence-electron chi connectivity index (χ0n) is 9.03. The molecule has 1 aliphatic rings. The molecule has 1 atom stereocenters. The maximum atomic E-state index is 13.0. The van der Waals surface area contributed by atoms with Crippen molar-refractivity contribution in [2.75, 3.05) is 7.11 Å². The van der Waals surface area contributed by atoms with Gasteiger partial charge in [-0.1, -0.05) is 0 Å². The van der Waals surface area contributed by atoms with Crippen molar-refractivity contribution in [2.45, 2.75) is 6.42 Å². The number of halogens is 1. The van der Waals surface area contributed by atoms with Crippen LogP contribution in [0.1, 0.15) is 15.9 Å². The number of carbonyl (C=O) groups excluding carboxylic acids is 3. The van der Waals surface area contributed by atoms with E-state index in [1.54, 1.807) is 0 Å². The first-order valence-corrected chi connectivity index (χ1v) is 4.99. The lowest BCUT2D eigenvalue weighted by Gasteiger charge is -2.03.